The number of H-pyrrole nitrogens is 1. The average molecular weight is 385 g/mol. The van der Waals surface area contributed by atoms with E-state index in [1.807, 2.05) is 54.6 Å². The van der Waals surface area contributed by atoms with Crippen LogP contribution in [0.25, 0.3) is 10.9 Å². The van der Waals surface area contributed by atoms with Gasteiger partial charge >= 0.3 is 6.18 Å². The molecule has 0 saturated heterocycles. The molecule has 1 amide bonds. The van der Waals surface area contributed by atoms with Crippen LogP contribution in [0.2, 0.25) is 0 Å². The number of aromatic nitrogens is 4. The van der Waals surface area contributed by atoms with Gasteiger partial charge in [0.1, 0.15) is 5.69 Å². The van der Waals surface area contributed by atoms with Crippen molar-refractivity contribution in [3.8, 4) is 0 Å². The maximum Gasteiger partial charge on any atom is 0.451 e. The molecule has 28 heavy (non-hydrogen) atoms. The summed E-state index contributed by atoms with van der Waals surface area (Å²) in [6.45, 7) is 0.429. The molecule has 9 heteroatoms. The molecule has 0 aliphatic heterocycles. The van der Waals surface area contributed by atoms with Crippen molar-refractivity contribution in [2.24, 2.45) is 0 Å². The van der Waals surface area contributed by atoms with E-state index in [0.717, 1.165) is 16.5 Å². The molecule has 2 heterocycles. The lowest BCUT2D eigenvalue weighted by atomic mass is 10.2. The lowest BCUT2D eigenvalue weighted by Crippen LogP contribution is -2.18. The minimum atomic E-state index is -4.67. The van der Waals surface area contributed by atoms with Crippen LogP contribution in [-0.2, 0) is 12.7 Å². The minimum Gasteiger partial charge on any atom is -0.332 e. The van der Waals surface area contributed by atoms with Crippen molar-refractivity contribution in [3.63, 3.8) is 0 Å². The van der Waals surface area contributed by atoms with Gasteiger partial charge in [-0.1, -0.05) is 48.5 Å². The van der Waals surface area contributed by atoms with Crippen LogP contribution in [-0.4, -0.2) is 25.7 Å². The van der Waals surface area contributed by atoms with E-state index in [1.54, 1.807) is 15.7 Å². The highest BCUT2D eigenvalue weighted by atomic mass is 19.4. The summed E-state index contributed by atoms with van der Waals surface area (Å²) in [6, 6.07) is 18.7. The first-order valence-electron chi connectivity index (χ1n) is 8.35. The fraction of sp³-hybridized carbons (Fsp3) is 0.105. The summed E-state index contributed by atoms with van der Waals surface area (Å²) in [5, 5.41) is 8.36. The van der Waals surface area contributed by atoms with Gasteiger partial charge in [-0.15, -0.1) is 5.10 Å². The van der Waals surface area contributed by atoms with Gasteiger partial charge in [0.2, 0.25) is 11.8 Å². The van der Waals surface area contributed by atoms with Crippen molar-refractivity contribution in [1.82, 2.24) is 19.7 Å². The quantitative estimate of drug-likeness (QED) is 0.556. The molecule has 0 fully saturated rings. The molecule has 0 saturated carbocycles. The van der Waals surface area contributed by atoms with Crippen molar-refractivity contribution in [1.29, 1.82) is 0 Å². The van der Waals surface area contributed by atoms with Crippen molar-refractivity contribution in [2.75, 3.05) is 5.32 Å². The first-order valence-corrected chi connectivity index (χ1v) is 8.35. The average Bonchev–Trinajstić information content (AvgIpc) is 3.28. The maximum absolute atomic E-state index is 12.7. The van der Waals surface area contributed by atoms with Gasteiger partial charge in [-0.3, -0.25) is 15.2 Å². The number of nitrogens with zero attached hydrogens (tertiary/aromatic N) is 3. The first kappa shape index (κ1) is 17.8. The first-order chi connectivity index (χ1) is 13.4. The zero-order valence-electron chi connectivity index (χ0n) is 14.4. The predicted octanol–water partition coefficient (Wildman–Crippen LogP) is 4.08. The third-order valence-electron chi connectivity index (χ3n) is 4.21. The lowest BCUT2D eigenvalue weighted by Gasteiger charge is -2.10. The van der Waals surface area contributed by atoms with Crippen LogP contribution in [0.1, 0.15) is 21.9 Å². The molecule has 142 valence electrons. The molecule has 6 nitrogen and oxygen atoms in total. The summed E-state index contributed by atoms with van der Waals surface area (Å²) in [5.41, 5.74) is 2.11. The van der Waals surface area contributed by atoms with Gasteiger partial charge in [-0.2, -0.15) is 18.2 Å². The number of alkyl halides is 3. The van der Waals surface area contributed by atoms with Gasteiger partial charge in [-0.05, 0) is 17.7 Å². The number of hydrogen-bond acceptors (Lipinski definition) is 3. The smallest absolute Gasteiger partial charge is 0.332 e. The van der Waals surface area contributed by atoms with Gasteiger partial charge in [0.25, 0.3) is 5.91 Å². The van der Waals surface area contributed by atoms with Crippen molar-refractivity contribution < 1.29 is 18.0 Å². The second-order valence-corrected chi connectivity index (χ2v) is 6.12. The Balaban J connectivity index is 1.68. The number of halogens is 3. The standard InChI is InChI=1S/C19H14F3N5O/c20-19(21,22)17-24-18(26-25-17)23-16(28)15-10-13-8-4-5-9-14(13)27(15)11-12-6-2-1-3-7-12/h1-10H,11H2,(H2,23,24,25,26,28). The minimum absolute atomic E-state index is 0.295. The molecule has 0 atom stereocenters. The van der Waals surface area contributed by atoms with Crippen LogP contribution in [0.5, 0.6) is 0 Å². The second kappa shape index (κ2) is 6.84. The van der Waals surface area contributed by atoms with Crippen LogP contribution < -0.4 is 5.32 Å². The number of aromatic amines is 1. The highest BCUT2D eigenvalue weighted by Gasteiger charge is 2.35. The summed E-state index contributed by atoms with van der Waals surface area (Å²) in [7, 11) is 0. The van der Waals surface area contributed by atoms with E-state index < -0.39 is 23.9 Å². The van der Waals surface area contributed by atoms with E-state index in [0.29, 0.717) is 12.2 Å². The molecule has 0 aliphatic carbocycles. The van der Waals surface area contributed by atoms with E-state index in [1.165, 1.54) is 0 Å². The molecule has 2 aromatic heterocycles. The summed E-state index contributed by atoms with van der Waals surface area (Å²) in [4.78, 5) is 16.0. The van der Waals surface area contributed by atoms with E-state index >= 15 is 0 Å². The number of carbonyl (C=O) groups excluding carboxylic acids is 1. The maximum atomic E-state index is 12.7. The van der Waals surface area contributed by atoms with E-state index in [-0.39, 0.29) is 0 Å². The largest absolute Gasteiger partial charge is 0.451 e. The van der Waals surface area contributed by atoms with Gasteiger partial charge in [-0.25, -0.2) is 0 Å². The van der Waals surface area contributed by atoms with E-state index in [2.05, 4.69) is 15.4 Å². The van der Waals surface area contributed by atoms with E-state index in [9.17, 15) is 18.0 Å². The molecule has 4 rings (SSSR count). The summed E-state index contributed by atoms with van der Waals surface area (Å²) >= 11 is 0. The SMILES string of the molecule is O=C(Nc1n[nH]c(C(F)(F)F)n1)c1cc2ccccc2n1Cc1ccccc1. The Hall–Kier alpha value is -3.62. The van der Waals surface area contributed by atoms with E-state index in [4.69, 9.17) is 0 Å². The molecule has 0 bridgehead atoms. The van der Waals surface area contributed by atoms with Crippen LogP contribution in [0, 0.1) is 0 Å². The Morgan fingerprint density at radius 3 is 2.50 bits per heavy atom. The molecule has 0 unspecified atom stereocenters. The normalized spacial score (nSPS) is 11.7. The Morgan fingerprint density at radius 2 is 1.79 bits per heavy atom. The Bertz CT molecular complexity index is 1130. The van der Waals surface area contributed by atoms with Gasteiger partial charge in [0.05, 0.1) is 0 Å². The highest BCUT2D eigenvalue weighted by Crippen LogP contribution is 2.27. The number of para-hydroxylation sites is 1. The number of anilines is 1. The van der Waals surface area contributed by atoms with Crippen LogP contribution >= 0.6 is 0 Å². The third-order valence-corrected chi connectivity index (χ3v) is 4.21. The second-order valence-electron chi connectivity index (χ2n) is 6.12. The van der Waals surface area contributed by atoms with Crippen molar-refractivity contribution in [2.45, 2.75) is 12.7 Å². The molecule has 2 aromatic carbocycles. The van der Waals surface area contributed by atoms with Crippen molar-refractivity contribution >= 4 is 22.8 Å². The Kier molecular flexibility index (Phi) is 4.34. The monoisotopic (exact) mass is 385 g/mol. The number of rotatable bonds is 4. The number of carbonyl (C=O) groups is 1. The molecule has 2 N–H and O–H groups in total. The van der Waals surface area contributed by atoms with Crippen LogP contribution in [0.15, 0.2) is 60.7 Å². The molecular formula is C19H14F3N5O. The topological polar surface area (TPSA) is 75.6 Å². The third kappa shape index (κ3) is 3.46. The van der Waals surface area contributed by atoms with Gasteiger partial charge in [0.15, 0.2) is 0 Å². The molecule has 0 radical (unpaired) electrons. The summed E-state index contributed by atoms with van der Waals surface area (Å²) in [5.74, 6) is -2.30. The zero-order valence-corrected chi connectivity index (χ0v) is 14.4. The summed E-state index contributed by atoms with van der Waals surface area (Å²) < 4.78 is 39.8. The number of hydrogen-bond donors (Lipinski definition) is 2. The van der Waals surface area contributed by atoms with Crippen LogP contribution in [0.4, 0.5) is 19.1 Å². The molecule has 0 aliphatic rings. The van der Waals surface area contributed by atoms with Gasteiger partial charge in [0, 0.05) is 17.4 Å². The molecule has 4 aromatic rings. The number of benzene rings is 2. The molecule has 0 spiro atoms. The summed E-state index contributed by atoms with van der Waals surface area (Å²) in [6.07, 6.45) is -4.67. The van der Waals surface area contributed by atoms with Crippen molar-refractivity contribution in [3.05, 3.63) is 77.7 Å². The number of amides is 1. The van der Waals surface area contributed by atoms with Crippen LogP contribution in [0.3, 0.4) is 0 Å². The fourth-order valence-corrected chi connectivity index (χ4v) is 2.94. The number of nitrogens with one attached hydrogen (secondary N) is 2. The molecular weight excluding hydrogens is 371 g/mol. The van der Waals surface area contributed by atoms with Gasteiger partial charge < -0.3 is 4.57 Å². The number of fused-ring (bicyclic) bond motifs is 1. The highest BCUT2D eigenvalue weighted by molar-refractivity contribution is 6.05. The lowest BCUT2D eigenvalue weighted by molar-refractivity contribution is -0.144. The zero-order chi connectivity index (χ0) is 19.7. The fourth-order valence-electron chi connectivity index (χ4n) is 2.94. The predicted molar refractivity (Wildman–Crippen MR) is 96.8 cm³/mol. The Morgan fingerprint density at radius 1 is 1.07 bits per heavy atom. The Labute approximate surface area is 157 Å².